The van der Waals surface area contributed by atoms with Crippen LogP contribution < -0.4 is 5.32 Å². The fourth-order valence-corrected chi connectivity index (χ4v) is 2.00. The van der Waals surface area contributed by atoms with E-state index in [9.17, 15) is 0 Å². The number of hydrogen-bond acceptors (Lipinski definition) is 3. The molecule has 3 nitrogen and oxygen atoms in total. The molecule has 0 aromatic rings. The topological polar surface area (TPSA) is 24.5 Å². The number of unbranched alkanes of at least 4 members (excludes halogenated alkanes) is 1. The van der Waals surface area contributed by atoms with E-state index in [2.05, 4.69) is 17.3 Å². The predicted octanol–water partition coefficient (Wildman–Crippen LogP) is 1.10. The summed E-state index contributed by atoms with van der Waals surface area (Å²) >= 11 is 0. The van der Waals surface area contributed by atoms with Crippen molar-refractivity contribution in [2.75, 3.05) is 40.4 Å². The predicted molar refractivity (Wildman–Crippen MR) is 59.6 cm³/mol. The molecule has 0 aliphatic carbocycles. The maximum Gasteiger partial charge on any atom is 0.0462 e. The third-order valence-corrected chi connectivity index (χ3v) is 3.00. The fourth-order valence-electron chi connectivity index (χ4n) is 2.00. The number of nitrogens with zero attached hydrogens (tertiary/aromatic N) is 1. The molecular weight excluding hydrogens is 176 g/mol. The Labute approximate surface area is 87.8 Å². The van der Waals surface area contributed by atoms with Crippen molar-refractivity contribution in [3.8, 4) is 0 Å². The highest BCUT2D eigenvalue weighted by Crippen LogP contribution is 2.13. The van der Waals surface area contributed by atoms with Crippen LogP contribution in [0.4, 0.5) is 0 Å². The van der Waals surface area contributed by atoms with Gasteiger partial charge in [-0.2, -0.15) is 0 Å². The molecule has 14 heavy (non-hydrogen) atoms. The minimum Gasteiger partial charge on any atom is -0.385 e. The number of methoxy groups -OCH3 is 1. The molecule has 84 valence electrons. The molecule has 3 heteroatoms. The Morgan fingerprint density at radius 3 is 2.93 bits per heavy atom. The molecule has 1 heterocycles. The lowest BCUT2D eigenvalue weighted by molar-refractivity contribution is 0.192. The van der Waals surface area contributed by atoms with Crippen LogP contribution in [-0.2, 0) is 4.74 Å². The van der Waals surface area contributed by atoms with Gasteiger partial charge in [-0.25, -0.2) is 0 Å². The summed E-state index contributed by atoms with van der Waals surface area (Å²) in [6.07, 6.45) is 5.13. The van der Waals surface area contributed by atoms with E-state index in [1.807, 2.05) is 0 Å². The number of likely N-dealkylation sites (N-methyl/N-ethyl adjacent to an activating group) is 1. The first-order valence-corrected chi connectivity index (χ1v) is 5.74. The highest BCUT2D eigenvalue weighted by atomic mass is 16.5. The van der Waals surface area contributed by atoms with Gasteiger partial charge in [-0.05, 0) is 45.8 Å². The molecule has 0 spiro atoms. The van der Waals surface area contributed by atoms with Gasteiger partial charge in [-0.1, -0.05) is 0 Å². The molecule has 1 N–H and O–H groups in total. The summed E-state index contributed by atoms with van der Waals surface area (Å²) < 4.78 is 5.00. The van der Waals surface area contributed by atoms with Crippen molar-refractivity contribution in [2.45, 2.75) is 31.7 Å². The fraction of sp³-hybridized carbons (Fsp3) is 1.00. The van der Waals surface area contributed by atoms with Crippen molar-refractivity contribution >= 4 is 0 Å². The van der Waals surface area contributed by atoms with Crippen molar-refractivity contribution in [3.05, 3.63) is 0 Å². The van der Waals surface area contributed by atoms with Crippen LogP contribution >= 0.6 is 0 Å². The summed E-state index contributed by atoms with van der Waals surface area (Å²) in [5, 5.41) is 3.52. The maximum atomic E-state index is 5.00. The van der Waals surface area contributed by atoms with Crippen LogP contribution in [0.25, 0.3) is 0 Å². The van der Waals surface area contributed by atoms with Crippen molar-refractivity contribution < 1.29 is 4.74 Å². The van der Waals surface area contributed by atoms with Crippen LogP contribution in [0.2, 0.25) is 0 Å². The van der Waals surface area contributed by atoms with Gasteiger partial charge in [0.05, 0.1) is 0 Å². The van der Waals surface area contributed by atoms with Gasteiger partial charge in [0.2, 0.25) is 0 Å². The van der Waals surface area contributed by atoms with Gasteiger partial charge < -0.3 is 15.0 Å². The highest BCUT2D eigenvalue weighted by Gasteiger charge is 2.19. The van der Waals surface area contributed by atoms with Gasteiger partial charge in [0.25, 0.3) is 0 Å². The summed E-state index contributed by atoms with van der Waals surface area (Å²) in [7, 11) is 3.99. The summed E-state index contributed by atoms with van der Waals surface area (Å²) in [4.78, 5) is 2.46. The van der Waals surface area contributed by atoms with Crippen LogP contribution in [0, 0.1) is 0 Å². The van der Waals surface area contributed by atoms with Crippen molar-refractivity contribution in [3.63, 3.8) is 0 Å². The van der Waals surface area contributed by atoms with E-state index in [0.29, 0.717) is 0 Å². The first kappa shape index (κ1) is 12.0. The van der Waals surface area contributed by atoms with E-state index >= 15 is 0 Å². The van der Waals surface area contributed by atoms with Crippen LogP contribution in [0.15, 0.2) is 0 Å². The van der Waals surface area contributed by atoms with E-state index in [1.165, 1.54) is 32.2 Å². The van der Waals surface area contributed by atoms with Crippen LogP contribution in [0.1, 0.15) is 25.7 Å². The zero-order valence-electron chi connectivity index (χ0n) is 9.59. The average molecular weight is 200 g/mol. The smallest absolute Gasteiger partial charge is 0.0462 e. The Balaban J connectivity index is 1.88. The van der Waals surface area contributed by atoms with E-state index in [4.69, 9.17) is 4.74 Å². The number of rotatable bonds is 7. The van der Waals surface area contributed by atoms with Gasteiger partial charge >= 0.3 is 0 Å². The zero-order valence-corrected chi connectivity index (χ0v) is 9.59. The third kappa shape index (κ3) is 4.40. The lowest BCUT2D eigenvalue weighted by Crippen LogP contribution is -2.35. The normalized spacial score (nSPS) is 23.1. The van der Waals surface area contributed by atoms with E-state index in [1.54, 1.807) is 7.11 Å². The van der Waals surface area contributed by atoms with E-state index in [0.717, 1.165) is 25.7 Å². The lowest BCUT2D eigenvalue weighted by Gasteiger charge is -2.19. The Morgan fingerprint density at radius 2 is 2.29 bits per heavy atom. The Morgan fingerprint density at radius 1 is 1.43 bits per heavy atom. The van der Waals surface area contributed by atoms with Gasteiger partial charge in [0.1, 0.15) is 0 Å². The molecule has 1 rings (SSSR count). The molecule has 0 aromatic carbocycles. The largest absolute Gasteiger partial charge is 0.385 e. The molecule has 0 amide bonds. The molecule has 1 atom stereocenters. The molecule has 1 saturated heterocycles. The van der Waals surface area contributed by atoms with E-state index < -0.39 is 0 Å². The van der Waals surface area contributed by atoms with Crippen molar-refractivity contribution in [2.24, 2.45) is 0 Å². The first-order chi connectivity index (χ1) is 6.84. The Bertz CT molecular complexity index is 141. The number of nitrogens with one attached hydrogen (secondary N) is 1. The molecular formula is C11H24N2O. The minimum atomic E-state index is 0.775. The highest BCUT2D eigenvalue weighted by molar-refractivity contribution is 4.77. The van der Waals surface area contributed by atoms with Crippen LogP contribution in [-0.4, -0.2) is 51.3 Å². The summed E-state index contributed by atoms with van der Waals surface area (Å²) in [5.41, 5.74) is 0. The second-order valence-electron chi connectivity index (χ2n) is 4.18. The summed E-state index contributed by atoms with van der Waals surface area (Å²) in [6, 6.07) is 0.775. The lowest BCUT2D eigenvalue weighted by atomic mass is 10.2. The van der Waals surface area contributed by atoms with Gasteiger partial charge in [-0.3, -0.25) is 0 Å². The SMILES string of the molecule is COCCCCNCC1CCCN1C. The van der Waals surface area contributed by atoms with Gasteiger partial charge in [0, 0.05) is 26.3 Å². The molecule has 1 aliphatic heterocycles. The second kappa shape index (κ2) is 7.21. The quantitative estimate of drug-likeness (QED) is 0.623. The molecule has 0 bridgehead atoms. The first-order valence-electron chi connectivity index (χ1n) is 5.74. The molecule has 0 aromatic heterocycles. The number of hydrogen-bond donors (Lipinski definition) is 1. The average Bonchev–Trinajstić information content (AvgIpc) is 2.58. The zero-order chi connectivity index (χ0) is 10.2. The maximum absolute atomic E-state index is 5.00. The molecule has 0 saturated carbocycles. The standard InChI is InChI=1S/C11H24N2O/c1-13-8-5-6-11(13)10-12-7-3-4-9-14-2/h11-12H,3-10H2,1-2H3. The summed E-state index contributed by atoms with van der Waals surface area (Å²) in [6.45, 7) is 4.46. The second-order valence-corrected chi connectivity index (χ2v) is 4.18. The molecule has 1 unspecified atom stereocenters. The third-order valence-electron chi connectivity index (χ3n) is 3.00. The van der Waals surface area contributed by atoms with E-state index in [-0.39, 0.29) is 0 Å². The molecule has 1 fully saturated rings. The summed E-state index contributed by atoms with van der Waals surface area (Å²) in [5.74, 6) is 0. The molecule has 0 radical (unpaired) electrons. The van der Waals surface area contributed by atoms with Crippen molar-refractivity contribution in [1.29, 1.82) is 0 Å². The van der Waals surface area contributed by atoms with Crippen LogP contribution in [0.3, 0.4) is 0 Å². The molecule has 1 aliphatic rings. The monoisotopic (exact) mass is 200 g/mol. The minimum absolute atomic E-state index is 0.775. The number of ether oxygens (including phenoxy) is 1. The number of likely N-dealkylation sites (tertiary alicyclic amines) is 1. The Hall–Kier alpha value is -0.120. The Kier molecular flexibility index (Phi) is 6.15. The van der Waals surface area contributed by atoms with Crippen molar-refractivity contribution in [1.82, 2.24) is 10.2 Å². The van der Waals surface area contributed by atoms with Gasteiger partial charge in [-0.15, -0.1) is 0 Å². The van der Waals surface area contributed by atoms with Gasteiger partial charge in [0.15, 0.2) is 0 Å². The van der Waals surface area contributed by atoms with Crippen LogP contribution in [0.5, 0.6) is 0 Å².